The van der Waals surface area contributed by atoms with Crippen LogP contribution >= 0.6 is 11.6 Å². The Bertz CT molecular complexity index is 1020. The molecule has 0 radical (unpaired) electrons. The van der Waals surface area contributed by atoms with Crippen molar-refractivity contribution in [3.05, 3.63) is 69.9 Å². The van der Waals surface area contributed by atoms with Crippen molar-refractivity contribution >= 4 is 34.4 Å². The summed E-state index contributed by atoms with van der Waals surface area (Å²) < 4.78 is 6.97. The molecule has 0 fully saturated rings. The summed E-state index contributed by atoms with van der Waals surface area (Å²) in [5.41, 5.74) is 3.96. The van der Waals surface area contributed by atoms with E-state index in [0.29, 0.717) is 10.6 Å². The van der Waals surface area contributed by atoms with E-state index in [4.69, 9.17) is 16.3 Å². The second-order valence-electron chi connectivity index (χ2n) is 6.95. The maximum Gasteiger partial charge on any atom is 0.310 e. The summed E-state index contributed by atoms with van der Waals surface area (Å²) in [5.74, 6) is -0.450. The fraction of sp³-hybridized carbons (Fsp3) is 0.273. The molecule has 3 aromatic rings. The number of aryl methyl sites for hydroxylation is 1. The number of fused-ring (bicyclic) bond motifs is 1. The third-order valence-electron chi connectivity index (χ3n) is 4.47. The van der Waals surface area contributed by atoms with Crippen LogP contribution in [-0.2, 0) is 16.0 Å². The summed E-state index contributed by atoms with van der Waals surface area (Å²) in [6.45, 7) is 7.50. The minimum Gasteiger partial charge on any atom is -0.463 e. The van der Waals surface area contributed by atoms with Crippen LogP contribution in [0.3, 0.4) is 0 Å². The van der Waals surface area contributed by atoms with E-state index in [9.17, 15) is 9.59 Å². The van der Waals surface area contributed by atoms with Crippen LogP contribution in [0.2, 0.25) is 5.02 Å². The van der Waals surface area contributed by atoms with Crippen LogP contribution in [-0.4, -0.2) is 22.5 Å². The molecule has 0 unspecified atom stereocenters. The van der Waals surface area contributed by atoms with Gasteiger partial charge in [-0.05, 0) is 69.7 Å². The van der Waals surface area contributed by atoms with E-state index in [1.807, 2.05) is 45.9 Å². The maximum absolute atomic E-state index is 13.2. The first-order valence-corrected chi connectivity index (χ1v) is 9.26. The number of esters is 1. The van der Waals surface area contributed by atoms with Gasteiger partial charge in [0, 0.05) is 21.7 Å². The highest BCUT2D eigenvalue weighted by Gasteiger charge is 2.22. The number of nitrogens with zero attached hydrogens (tertiary/aromatic N) is 1. The normalized spacial score (nSPS) is 11.2. The molecule has 0 N–H and O–H groups in total. The zero-order valence-electron chi connectivity index (χ0n) is 15.9. The standard InChI is InChI=1S/C22H22ClNO3/c1-13(2)27-21(25)12-18-15(4)24(20-10-5-14(3)11-19(18)20)22(26)16-6-8-17(23)9-7-16/h5-11,13H,12H2,1-4H3. The first-order valence-electron chi connectivity index (χ1n) is 8.88. The molecule has 1 aromatic heterocycles. The molecule has 0 aliphatic carbocycles. The molecule has 4 nitrogen and oxygen atoms in total. The largest absolute Gasteiger partial charge is 0.463 e. The van der Waals surface area contributed by atoms with Gasteiger partial charge in [-0.1, -0.05) is 23.2 Å². The molecule has 0 saturated heterocycles. The number of ether oxygens (including phenoxy) is 1. The Morgan fingerprint density at radius 1 is 1.07 bits per heavy atom. The van der Waals surface area contributed by atoms with Crippen LogP contribution < -0.4 is 0 Å². The molecular weight excluding hydrogens is 362 g/mol. The number of carbonyl (C=O) groups is 2. The van der Waals surface area contributed by atoms with Gasteiger partial charge in [-0.3, -0.25) is 14.2 Å². The summed E-state index contributed by atoms with van der Waals surface area (Å²) in [6, 6.07) is 12.7. The van der Waals surface area contributed by atoms with Gasteiger partial charge in [-0.2, -0.15) is 0 Å². The molecule has 140 valence electrons. The number of aromatic nitrogens is 1. The molecule has 0 bridgehead atoms. The highest BCUT2D eigenvalue weighted by atomic mass is 35.5. The molecule has 27 heavy (non-hydrogen) atoms. The summed E-state index contributed by atoms with van der Waals surface area (Å²) >= 11 is 5.94. The van der Waals surface area contributed by atoms with Gasteiger partial charge in [-0.25, -0.2) is 0 Å². The molecule has 1 heterocycles. The zero-order valence-corrected chi connectivity index (χ0v) is 16.6. The minimum atomic E-state index is -0.299. The lowest BCUT2D eigenvalue weighted by Gasteiger charge is -2.09. The van der Waals surface area contributed by atoms with E-state index >= 15 is 0 Å². The summed E-state index contributed by atoms with van der Waals surface area (Å²) in [6.07, 6.45) is -0.0474. The van der Waals surface area contributed by atoms with Crippen molar-refractivity contribution < 1.29 is 14.3 Å². The second kappa shape index (κ2) is 7.57. The number of benzene rings is 2. The van der Waals surface area contributed by atoms with Crippen LogP contribution in [0.1, 0.15) is 41.0 Å². The van der Waals surface area contributed by atoms with Crippen molar-refractivity contribution in [2.24, 2.45) is 0 Å². The topological polar surface area (TPSA) is 48.3 Å². The number of hydrogen-bond acceptors (Lipinski definition) is 3. The molecule has 0 atom stereocenters. The highest BCUT2D eigenvalue weighted by Crippen LogP contribution is 2.29. The van der Waals surface area contributed by atoms with E-state index in [1.54, 1.807) is 28.8 Å². The fourth-order valence-corrected chi connectivity index (χ4v) is 3.38. The Morgan fingerprint density at radius 2 is 1.74 bits per heavy atom. The van der Waals surface area contributed by atoms with E-state index in [0.717, 1.165) is 27.7 Å². The molecular formula is C22H22ClNO3. The molecule has 3 rings (SSSR count). The number of hydrogen-bond donors (Lipinski definition) is 0. The Morgan fingerprint density at radius 3 is 2.37 bits per heavy atom. The summed E-state index contributed by atoms with van der Waals surface area (Å²) in [4.78, 5) is 25.4. The Kier molecular flexibility index (Phi) is 5.38. The quantitative estimate of drug-likeness (QED) is 0.589. The maximum atomic E-state index is 13.2. The molecule has 2 aromatic carbocycles. The smallest absolute Gasteiger partial charge is 0.310 e. The molecule has 5 heteroatoms. The van der Waals surface area contributed by atoms with Gasteiger partial charge >= 0.3 is 5.97 Å². The van der Waals surface area contributed by atoms with E-state index in [2.05, 4.69) is 0 Å². The second-order valence-corrected chi connectivity index (χ2v) is 7.38. The van der Waals surface area contributed by atoms with Crippen molar-refractivity contribution in [1.29, 1.82) is 0 Å². The lowest BCUT2D eigenvalue weighted by molar-refractivity contribution is -0.146. The SMILES string of the molecule is Cc1ccc2c(c1)c(CC(=O)OC(C)C)c(C)n2C(=O)c1ccc(Cl)cc1. The Balaban J connectivity index is 2.13. The van der Waals surface area contributed by atoms with Gasteiger partial charge < -0.3 is 4.74 Å². The molecule has 0 amide bonds. The predicted octanol–water partition coefficient (Wildman–Crippen LogP) is 5.09. The molecule has 0 aliphatic heterocycles. The average Bonchev–Trinajstić information content (AvgIpc) is 2.86. The van der Waals surface area contributed by atoms with E-state index in [1.165, 1.54) is 0 Å². The Labute approximate surface area is 163 Å². The van der Waals surface area contributed by atoms with E-state index < -0.39 is 0 Å². The van der Waals surface area contributed by atoms with Crippen molar-refractivity contribution in [3.8, 4) is 0 Å². The monoisotopic (exact) mass is 383 g/mol. The third-order valence-corrected chi connectivity index (χ3v) is 4.72. The molecule has 0 spiro atoms. The zero-order chi connectivity index (χ0) is 19.7. The van der Waals surface area contributed by atoms with Crippen LogP contribution in [0.5, 0.6) is 0 Å². The minimum absolute atomic E-state index is 0.130. The van der Waals surface area contributed by atoms with Gasteiger partial charge in [0.1, 0.15) is 0 Å². The van der Waals surface area contributed by atoms with Crippen molar-refractivity contribution in [2.75, 3.05) is 0 Å². The number of carbonyl (C=O) groups excluding carboxylic acids is 2. The average molecular weight is 384 g/mol. The van der Waals surface area contributed by atoms with Gasteiger partial charge in [0.05, 0.1) is 18.0 Å². The first kappa shape index (κ1) is 19.2. The number of halogens is 1. The van der Waals surface area contributed by atoms with Crippen LogP contribution in [0.15, 0.2) is 42.5 Å². The van der Waals surface area contributed by atoms with Crippen molar-refractivity contribution in [3.63, 3.8) is 0 Å². The van der Waals surface area contributed by atoms with Crippen molar-refractivity contribution in [2.45, 2.75) is 40.2 Å². The number of rotatable bonds is 4. The molecule has 0 saturated carbocycles. The highest BCUT2D eigenvalue weighted by molar-refractivity contribution is 6.30. The van der Waals surface area contributed by atoms with Gasteiger partial charge in [0.15, 0.2) is 0 Å². The Hall–Kier alpha value is -2.59. The lowest BCUT2D eigenvalue weighted by Crippen LogP contribution is -2.16. The third kappa shape index (κ3) is 3.91. The van der Waals surface area contributed by atoms with E-state index in [-0.39, 0.29) is 24.4 Å². The summed E-state index contributed by atoms with van der Waals surface area (Å²) in [5, 5.41) is 1.48. The van der Waals surface area contributed by atoms with Gasteiger partial charge in [-0.15, -0.1) is 0 Å². The summed E-state index contributed by atoms with van der Waals surface area (Å²) in [7, 11) is 0. The molecule has 0 aliphatic rings. The predicted molar refractivity (Wildman–Crippen MR) is 108 cm³/mol. The van der Waals surface area contributed by atoms with Crippen LogP contribution in [0.25, 0.3) is 10.9 Å². The van der Waals surface area contributed by atoms with Gasteiger partial charge in [0.25, 0.3) is 5.91 Å². The van der Waals surface area contributed by atoms with Crippen LogP contribution in [0, 0.1) is 13.8 Å². The first-order chi connectivity index (χ1) is 12.8. The lowest BCUT2D eigenvalue weighted by atomic mass is 10.1. The van der Waals surface area contributed by atoms with Gasteiger partial charge in [0.2, 0.25) is 0 Å². The fourth-order valence-electron chi connectivity index (χ4n) is 3.25. The van der Waals surface area contributed by atoms with Crippen LogP contribution in [0.4, 0.5) is 0 Å². The van der Waals surface area contributed by atoms with Crippen molar-refractivity contribution in [1.82, 2.24) is 4.57 Å².